The molecule has 0 spiro atoms. The monoisotopic (exact) mass is 609 g/mol. The maximum atomic E-state index is 12.9. The minimum Gasteiger partial charge on any atom is -0.489 e. The Bertz CT molecular complexity index is 1470. The molecular formula is C32H33ClNO5PS. The van der Waals surface area contributed by atoms with Gasteiger partial charge in [0, 0.05) is 26.9 Å². The van der Waals surface area contributed by atoms with Crippen LogP contribution in [0.25, 0.3) is 0 Å². The fourth-order valence-corrected chi connectivity index (χ4v) is 6.84. The van der Waals surface area contributed by atoms with Crippen LogP contribution in [0.5, 0.6) is 5.75 Å². The van der Waals surface area contributed by atoms with Gasteiger partial charge < -0.3 is 19.1 Å². The zero-order valence-electron chi connectivity index (χ0n) is 23.0. The molecule has 6 nitrogen and oxygen atoms in total. The number of amides is 1. The van der Waals surface area contributed by atoms with Crippen LogP contribution in [0.3, 0.4) is 0 Å². The molecule has 41 heavy (non-hydrogen) atoms. The van der Waals surface area contributed by atoms with Crippen molar-refractivity contribution >= 4 is 47.9 Å². The van der Waals surface area contributed by atoms with E-state index in [1.165, 1.54) is 0 Å². The van der Waals surface area contributed by atoms with Crippen LogP contribution in [0.2, 0.25) is 5.02 Å². The van der Waals surface area contributed by atoms with Crippen LogP contribution >= 0.6 is 31.0 Å². The summed E-state index contributed by atoms with van der Waals surface area (Å²) >= 11 is 8.18. The molecule has 0 saturated carbocycles. The van der Waals surface area contributed by atoms with E-state index in [-0.39, 0.29) is 25.5 Å². The number of aryl methyl sites for hydroxylation is 1. The van der Waals surface area contributed by atoms with Crippen LogP contribution in [-0.4, -0.2) is 19.1 Å². The minimum absolute atomic E-state index is 0.141. The lowest BCUT2D eigenvalue weighted by molar-refractivity contribution is -0.116. The number of nitrogens with one attached hydrogen (secondary N) is 1. The first-order valence-electron chi connectivity index (χ1n) is 13.4. The van der Waals surface area contributed by atoms with Crippen LogP contribution in [0.1, 0.15) is 31.4 Å². The molecule has 0 aliphatic carbocycles. The van der Waals surface area contributed by atoms with Crippen molar-refractivity contribution in [3.05, 3.63) is 113 Å². The minimum atomic E-state index is -3.36. The van der Waals surface area contributed by atoms with Crippen LogP contribution in [0.4, 0.5) is 5.69 Å². The predicted molar refractivity (Wildman–Crippen MR) is 167 cm³/mol. The molecule has 214 valence electrons. The summed E-state index contributed by atoms with van der Waals surface area (Å²) in [6.07, 6.45) is 0.769. The van der Waals surface area contributed by atoms with Gasteiger partial charge in [0.05, 0.1) is 18.5 Å². The van der Waals surface area contributed by atoms with Crippen molar-refractivity contribution in [1.82, 2.24) is 0 Å². The molecule has 0 bridgehead atoms. The Kier molecular flexibility index (Phi) is 11.5. The lowest BCUT2D eigenvalue weighted by atomic mass is 10.1. The number of hydrogen-bond donors (Lipinski definition) is 1. The van der Waals surface area contributed by atoms with Crippen LogP contribution in [0, 0.1) is 0 Å². The molecule has 1 N–H and O–H groups in total. The van der Waals surface area contributed by atoms with Crippen molar-refractivity contribution in [2.75, 3.05) is 18.5 Å². The predicted octanol–water partition coefficient (Wildman–Crippen LogP) is 8.53. The van der Waals surface area contributed by atoms with E-state index in [0.29, 0.717) is 29.0 Å². The van der Waals surface area contributed by atoms with Crippen LogP contribution < -0.4 is 15.4 Å². The molecule has 0 unspecified atom stereocenters. The third kappa shape index (κ3) is 9.22. The number of hydrogen-bond acceptors (Lipinski definition) is 6. The highest BCUT2D eigenvalue weighted by atomic mass is 35.5. The number of carbonyl (C=O) groups is 1. The molecule has 0 saturated heterocycles. The van der Waals surface area contributed by atoms with Crippen LogP contribution in [0.15, 0.2) is 107 Å². The average molecular weight is 610 g/mol. The number of rotatable bonds is 14. The van der Waals surface area contributed by atoms with E-state index < -0.39 is 7.60 Å². The Morgan fingerprint density at radius 1 is 0.854 bits per heavy atom. The molecule has 0 aromatic heterocycles. The second-order valence-corrected chi connectivity index (χ2v) is 12.6. The Morgan fingerprint density at radius 3 is 2.24 bits per heavy atom. The highest BCUT2D eigenvalue weighted by Crippen LogP contribution is 2.46. The highest BCUT2D eigenvalue weighted by Gasteiger charge is 2.26. The van der Waals surface area contributed by atoms with Gasteiger partial charge in [0.25, 0.3) is 0 Å². The van der Waals surface area contributed by atoms with E-state index in [1.54, 1.807) is 49.9 Å². The van der Waals surface area contributed by atoms with Crippen molar-refractivity contribution in [2.24, 2.45) is 0 Å². The molecule has 1 amide bonds. The maximum absolute atomic E-state index is 12.9. The SMILES string of the molecule is CCOP(=O)(OCC)c1ccc(NC(=O)CCc2ccc(Sc3cccc(OCc4ccccc4)c3)cc2Cl)cc1. The molecular weight excluding hydrogens is 577 g/mol. The van der Waals surface area contributed by atoms with Gasteiger partial charge >= 0.3 is 7.60 Å². The Balaban J connectivity index is 1.29. The van der Waals surface area contributed by atoms with Gasteiger partial charge in [0.15, 0.2) is 0 Å². The van der Waals surface area contributed by atoms with Gasteiger partial charge in [0.2, 0.25) is 5.91 Å². The van der Waals surface area contributed by atoms with E-state index in [0.717, 1.165) is 26.7 Å². The van der Waals surface area contributed by atoms with Gasteiger partial charge in [-0.05, 0) is 86.0 Å². The van der Waals surface area contributed by atoms with Gasteiger partial charge in [-0.2, -0.15) is 0 Å². The second-order valence-electron chi connectivity index (χ2n) is 9.03. The Labute approximate surface area is 250 Å². The normalized spacial score (nSPS) is 11.3. The molecule has 0 aliphatic heterocycles. The number of carbonyl (C=O) groups excluding carboxylic acids is 1. The number of benzene rings is 4. The topological polar surface area (TPSA) is 73.9 Å². The number of anilines is 1. The summed E-state index contributed by atoms with van der Waals surface area (Å²) in [5, 5.41) is 3.95. The molecule has 0 atom stereocenters. The smallest absolute Gasteiger partial charge is 0.361 e. The van der Waals surface area contributed by atoms with Crippen molar-refractivity contribution in [3.8, 4) is 5.75 Å². The number of halogens is 1. The third-order valence-electron chi connectivity index (χ3n) is 6.00. The zero-order chi connectivity index (χ0) is 29.1. The molecule has 4 rings (SSSR count). The van der Waals surface area contributed by atoms with Gasteiger partial charge in [-0.25, -0.2) is 0 Å². The number of ether oxygens (including phenoxy) is 1. The summed E-state index contributed by atoms with van der Waals surface area (Å²) < 4.78 is 29.6. The summed E-state index contributed by atoms with van der Waals surface area (Å²) in [5.74, 6) is 0.664. The molecule has 0 fully saturated rings. The molecule has 0 aliphatic rings. The quantitative estimate of drug-likeness (QED) is 0.144. The Morgan fingerprint density at radius 2 is 1.56 bits per heavy atom. The van der Waals surface area contributed by atoms with Gasteiger partial charge in [-0.3, -0.25) is 9.36 Å². The first-order valence-corrected chi connectivity index (χ1v) is 16.1. The largest absolute Gasteiger partial charge is 0.489 e. The summed E-state index contributed by atoms with van der Waals surface area (Å²) in [5.41, 5.74) is 2.62. The fraction of sp³-hybridized carbons (Fsp3) is 0.219. The Hall–Kier alpha value is -3.06. The first kappa shape index (κ1) is 30.9. The van der Waals surface area contributed by atoms with Gasteiger partial charge in [-0.1, -0.05) is 65.8 Å². The third-order valence-corrected chi connectivity index (χ3v) is 9.46. The molecule has 4 aromatic carbocycles. The van der Waals surface area contributed by atoms with Crippen molar-refractivity contribution in [2.45, 2.75) is 43.1 Å². The summed E-state index contributed by atoms with van der Waals surface area (Å²) in [6, 6.07) is 30.6. The van der Waals surface area contributed by atoms with E-state index in [2.05, 4.69) is 5.32 Å². The van der Waals surface area contributed by atoms with E-state index in [1.807, 2.05) is 72.8 Å². The zero-order valence-corrected chi connectivity index (χ0v) is 25.5. The fourth-order valence-electron chi connectivity index (χ4n) is 4.02. The maximum Gasteiger partial charge on any atom is 0.361 e. The lowest BCUT2D eigenvalue weighted by Crippen LogP contribution is -2.14. The van der Waals surface area contributed by atoms with Crippen molar-refractivity contribution < 1.29 is 23.1 Å². The van der Waals surface area contributed by atoms with Crippen molar-refractivity contribution in [3.63, 3.8) is 0 Å². The average Bonchev–Trinajstić information content (AvgIpc) is 2.97. The van der Waals surface area contributed by atoms with E-state index in [9.17, 15) is 9.36 Å². The van der Waals surface area contributed by atoms with Gasteiger partial charge in [0.1, 0.15) is 12.4 Å². The summed E-state index contributed by atoms with van der Waals surface area (Å²) in [4.78, 5) is 14.6. The summed E-state index contributed by atoms with van der Waals surface area (Å²) in [6.45, 7) is 4.59. The lowest BCUT2D eigenvalue weighted by Gasteiger charge is -2.17. The van der Waals surface area contributed by atoms with Crippen molar-refractivity contribution in [1.29, 1.82) is 0 Å². The molecule has 9 heteroatoms. The molecule has 0 radical (unpaired) electrons. The standard InChI is InChI=1S/C32H33ClNO5PS/c1-3-38-40(36,39-4-2)28-17-15-26(16-18-28)34-32(35)20-14-25-13-19-30(22-31(25)33)41-29-12-8-11-27(21-29)37-23-24-9-6-5-7-10-24/h5-13,15-19,21-22H,3-4,14,20,23H2,1-2H3,(H,34,35). The molecule has 4 aromatic rings. The summed E-state index contributed by atoms with van der Waals surface area (Å²) in [7, 11) is -3.36. The molecule has 0 heterocycles. The van der Waals surface area contributed by atoms with E-state index in [4.69, 9.17) is 25.4 Å². The van der Waals surface area contributed by atoms with Gasteiger partial charge in [-0.15, -0.1) is 0 Å². The van der Waals surface area contributed by atoms with E-state index >= 15 is 0 Å². The highest BCUT2D eigenvalue weighted by molar-refractivity contribution is 7.99. The first-order chi connectivity index (χ1) is 19.9. The second kappa shape index (κ2) is 15.2. The van der Waals surface area contributed by atoms with Crippen LogP contribution in [-0.2, 0) is 31.4 Å².